The average Bonchev–Trinajstić information content (AvgIpc) is 2.01. The van der Waals surface area contributed by atoms with E-state index in [-0.39, 0.29) is 12.6 Å². The van der Waals surface area contributed by atoms with Gasteiger partial charge in [-0.25, -0.2) is 0 Å². The van der Waals surface area contributed by atoms with E-state index in [9.17, 15) is 0 Å². The Morgan fingerprint density at radius 2 is 2.18 bits per heavy atom. The van der Waals surface area contributed by atoms with Crippen molar-refractivity contribution in [2.24, 2.45) is 0 Å². The van der Waals surface area contributed by atoms with Crippen LogP contribution in [0.2, 0.25) is 0 Å². The summed E-state index contributed by atoms with van der Waals surface area (Å²) in [5.41, 5.74) is 0. The zero-order valence-corrected chi connectivity index (χ0v) is 7.63. The number of ether oxygens (including phenoxy) is 1. The summed E-state index contributed by atoms with van der Waals surface area (Å²) in [6.07, 6.45) is 0.949. The van der Waals surface area contributed by atoms with Gasteiger partial charge >= 0.3 is 0 Å². The summed E-state index contributed by atoms with van der Waals surface area (Å²) >= 11 is 0. The third-order valence-corrected chi connectivity index (χ3v) is 1.65. The fourth-order valence-corrected chi connectivity index (χ4v) is 1.00. The van der Waals surface area contributed by atoms with E-state index in [1.165, 1.54) is 0 Å². The maximum Gasteiger partial charge on any atom is 0.0613 e. The zero-order valence-electron chi connectivity index (χ0n) is 7.63. The Balaban J connectivity index is 3.44. The molecule has 0 unspecified atom stereocenters. The Labute approximate surface area is 68.8 Å². The topological polar surface area (TPSA) is 41.5 Å². The van der Waals surface area contributed by atoms with Crippen LogP contribution in [-0.4, -0.2) is 37.5 Å². The molecule has 0 spiro atoms. The van der Waals surface area contributed by atoms with Crippen LogP contribution in [0, 0.1) is 0 Å². The molecule has 0 radical (unpaired) electrons. The van der Waals surface area contributed by atoms with Crippen molar-refractivity contribution < 1.29 is 9.84 Å². The first-order chi connectivity index (χ1) is 5.24. The van der Waals surface area contributed by atoms with Crippen LogP contribution in [0.1, 0.15) is 20.3 Å². The molecular formula is C8H19NO2. The van der Waals surface area contributed by atoms with Gasteiger partial charge in [0.2, 0.25) is 0 Å². The van der Waals surface area contributed by atoms with Gasteiger partial charge in [-0.15, -0.1) is 0 Å². The SMILES string of the molecule is CC[C@H](CO)N[C@H](C)COC. The Hall–Kier alpha value is -0.120. The van der Waals surface area contributed by atoms with Crippen molar-refractivity contribution >= 4 is 0 Å². The number of methoxy groups -OCH3 is 1. The number of aliphatic hydroxyl groups is 1. The van der Waals surface area contributed by atoms with E-state index in [2.05, 4.69) is 5.32 Å². The lowest BCUT2D eigenvalue weighted by molar-refractivity contribution is 0.153. The second kappa shape index (κ2) is 6.58. The largest absolute Gasteiger partial charge is 0.395 e. The molecule has 3 nitrogen and oxygen atoms in total. The second-order valence-corrected chi connectivity index (χ2v) is 2.81. The first-order valence-corrected chi connectivity index (χ1v) is 4.10. The highest BCUT2D eigenvalue weighted by Gasteiger charge is 2.07. The van der Waals surface area contributed by atoms with Crippen LogP contribution in [0.4, 0.5) is 0 Å². The van der Waals surface area contributed by atoms with Crippen molar-refractivity contribution in [3.8, 4) is 0 Å². The minimum Gasteiger partial charge on any atom is -0.395 e. The Morgan fingerprint density at radius 1 is 1.55 bits per heavy atom. The predicted octanol–water partition coefficient (Wildman–Crippen LogP) is 0.382. The fraction of sp³-hybridized carbons (Fsp3) is 1.00. The maximum atomic E-state index is 8.84. The van der Waals surface area contributed by atoms with Crippen LogP contribution in [-0.2, 0) is 4.74 Å². The van der Waals surface area contributed by atoms with Crippen molar-refractivity contribution in [2.45, 2.75) is 32.4 Å². The fourth-order valence-electron chi connectivity index (χ4n) is 1.00. The summed E-state index contributed by atoms with van der Waals surface area (Å²) in [5.74, 6) is 0. The molecule has 0 aromatic heterocycles. The molecule has 0 amide bonds. The lowest BCUT2D eigenvalue weighted by Crippen LogP contribution is -2.40. The minimum absolute atomic E-state index is 0.199. The molecule has 0 rings (SSSR count). The highest BCUT2D eigenvalue weighted by molar-refractivity contribution is 4.68. The van der Waals surface area contributed by atoms with Crippen LogP contribution in [0.3, 0.4) is 0 Å². The lowest BCUT2D eigenvalue weighted by Gasteiger charge is -2.19. The van der Waals surface area contributed by atoms with Crippen molar-refractivity contribution in [1.29, 1.82) is 0 Å². The van der Waals surface area contributed by atoms with Crippen LogP contribution in [0.5, 0.6) is 0 Å². The van der Waals surface area contributed by atoms with Crippen LogP contribution in [0.25, 0.3) is 0 Å². The van der Waals surface area contributed by atoms with Gasteiger partial charge in [-0.1, -0.05) is 6.92 Å². The summed E-state index contributed by atoms with van der Waals surface area (Å²) in [4.78, 5) is 0. The van der Waals surface area contributed by atoms with E-state index in [1.807, 2.05) is 13.8 Å². The summed E-state index contributed by atoms with van der Waals surface area (Å²) < 4.78 is 4.95. The Bertz CT molecular complexity index is 84.2. The number of nitrogens with one attached hydrogen (secondary N) is 1. The lowest BCUT2D eigenvalue weighted by atomic mass is 10.2. The number of hydrogen-bond donors (Lipinski definition) is 2. The monoisotopic (exact) mass is 161 g/mol. The van der Waals surface area contributed by atoms with E-state index in [0.29, 0.717) is 12.6 Å². The summed E-state index contributed by atoms with van der Waals surface area (Å²) in [5, 5.41) is 12.1. The highest BCUT2D eigenvalue weighted by atomic mass is 16.5. The van der Waals surface area contributed by atoms with E-state index in [0.717, 1.165) is 6.42 Å². The molecule has 68 valence electrons. The number of aliphatic hydroxyl groups excluding tert-OH is 1. The number of rotatable bonds is 6. The van der Waals surface area contributed by atoms with Gasteiger partial charge in [0.1, 0.15) is 0 Å². The highest BCUT2D eigenvalue weighted by Crippen LogP contribution is 1.92. The normalized spacial score (nSPS) is 16.4. The molecular weight excluding hydrogens is 142 g/mol. The van der Waals surface area contributed by atoms with Crippen molar-refractivity contribution in [2.75, 3.05) is 20.3 Å². The van der Waals surface area contributed by atoms with Crippen LogP contribution in [0.15, 0.2) is 0 Å². The van der Waals surface area contributed by atoms with Gasteiger partial charge in [-0.3, -0.25) is 0 Å². The molecule has 0 saturated heterocycles. The third-order valence-electron chi connectivity index (χ3n) is 1.65. The quantitative estimate of drug-likeness (QED) is 0.592. The van der Waals surface area contributed by atoms with Gasteiger partial charge in [0.25, 0.3) is 0 Å². The smallest absolute Gasteiger partial charge is 0.0613 e. The molecule has 0 bridgehead atoms. The van der Waals surface area contributed by atoms with Gasteiger partial charge in [-0.2, -0.15) is 0 Å². The van der Waals surface area contributed by atoms with E-state index < -0.39 is 0 Å². The molecule has 11 heavy (non-hydrogen) atoms. The molecule has 3 heteroatoms. The van der Waals surface area contributed by atoms with Crippen LogP contribution >= 0.6 is 0 Å². The molecule has 0 aliphatic carbocycles. The van der Waals surface area contributed by atoms with E-state index in [4.69, 9.17) is 9.84 Å². The Kier molecular flexibility index (Phi) is 6.51. The summed E-state index contributed by atoms with van der Waals surface area (Å²) in [6, 6.07) is 0.525. The first-order valence-electron chi connectivity index (χ1n) is 4.10. The molecule has 2 atom stereocenters. The molecule has 0 aliphatic heterocycles. The molecule has 0 heterocycles. The van der Waals surface area contributed by atoms with Crippen molar-refractivity contribution in [3.63, 3.8) is 0 Å². The second-order valence-electron chi connectivity index (χ2n) is 2.81. The van der Waals surface area contributed by atoms with Gasteiger partial charge in [0.15, 0.2) is 0 Å². The van der Waals surface area contributed by atoms with Crippen molar-refractivity contribution in [1.82, 2.24) is 5.32 Å². The predicted molar refractivity (Wildman–Crippen MR) is 45.6 cm³/mol. The van der Waals surface area contributed by atoms with Gasteiger partial charge in [0.05, 0.1) is 13.2 Å². The zero-order chi connectivity index (χ0) is 8.69. The third kappa shape index (κ3) is 5.18. The molecule has 0 fully saturated rings. The van der Waals surface area contributed by atoms with Crippen LogP contribution < -0.4 is 5.32 Å². The molecule has 0 saturated carbocycles. The molecule has 2 N–H and O–H groups in total. The molecule has 0 aromatic carbocycles. The Morgan fingerprint density at radius 3 is 2.55 bits per heavy atom. The number of hydrogen-bond acceptors (Lipinski definition) is 3. The van der Waals surface area contributed by atoms with E-state index >= 15 is 0 Å². The van der Waals surface area contributed by atoms with Gasteiger partial charge in [0, 0.05) is 19.2 Å². The first kappa shape index (κ1) is 10.9. The molecule has 0 aliphatic rings. The molecule has 0 aromatic rings. The van der Waals surface area contributed by atoms with Crippen molar-refractivity contribution in [3.05, 3.63) is 0 Å². The summed E-state index contributed by atoms with van der Waals surface area (Å²) in [6.45, 7) is 4.98. The minimum atomic E-state index is 0.199. The maximum absolute atomic E-state index is 8.84. The van der Waals surface area contributed by atoms with Gasteiger partial charge in [-0.05, 0) is 13.3 Å². The van der Waals surface area contributed by atoms with Gasteiger partial charge < -0.3 is 15.2 Å². The average molecular weight is 161 g/mol. The van der Waals surface area contributed by atoms with E-state index in [1.54, 1.807) is 7.11 Å². The summed E-state index contributed by atoms with van der Waals surface area (Å²) in [7, 11) is 1.68. The standard InChI is InChI=1S/C8H19NO2/c1-4-8(5-10)9-7(2)6-11-3/h7-10H,4-6H2,1-3H3/t7-,8-/m1/s1.